The first-order chi connectivity index (χ1) is 18.1. The third-order valence-corrected chi connectivity index (χ3v) is 7.08. The van der Waals surface area contributed by atoms with Crippen molar-refractivity contribution in [3.8, 4) is 40.5 Å². The van der Waals surface area contributed by atoms with Crippen LogP contribution in [-0.2, 0) is 14.8 Å². The molecule has 1 heterocycles. The molecule has 0 aliphatic carbocycles. The van der Waals surface area contributed by atoms with Crippen molar-refractivity contribution in [3.63, 3.8) is 0 Å². The smallest absolute Gasteiger partial charge is 0.238 e. The van der Waals surface area contributed by atoms with Crippen LogP contribution in [0, 0.1) is 22.7 Å². The molecule has 0 saturated carbocycles. The van der Waals surface area contributed by atoms with E-state index in [0.29, 0.717) is 28.5 Å². The Hall–Kier alpha value is -4.50. The predicted molar refractivity (Wildman–Crippen MR) is 140 cm³/mol. The van der Waals surface area contributed by atoms with Crippen LogP contribution in [0.1, 0.15) is 11.1 Å². The quantitative estimate of drug-likeness (QED) is 0.328. The van der Waals surface area contributed by atoms with Crippen LogP contribution in [0.2, 0.25) is 0 Å². The van der Waals surface area contributed by atoms with Gasteiger partial charge in [-0.3, -0.25) is 4.79 Å². The third kappa shape index (κ3) is 5.90. The Morgan fingerprint density at radius 3 is 2.08 bits per heavy atom. The number of ether oxygens (including phenoxy) is 3. The largest absolute Gasteiger partial charge is 0.493 e. The molecule has 0 bridgehead atoms. The first-order valence-corrected chi connectivity index (χ1v) is 13.1. The van der Waals surface area contributed by atoms with Crippen molar-refractivity contribution >= 4 is 39.2 Å². The van der Waals surface area contributed by atoms with Gasteiger partial charge in [-0.05, 0) is 42.0 Å². The maximum absolute atomic E-state index is 12.6. The van der Waals surface area contributed by atoms with Crippen molar-refractivity contribution in [2.75, 3.05) is 38.1 Å². The number of sulfonamides is 1. The second-order valence-electron chi connectivity index (χ2n) is 7.47. The summed E-state index contributed by atoms with van der Waals surface area (Å²) in [5.41, 5.74) is 7.00. The number of carbonyl (C=O) groups is 1. The minimum atomic E-state index is -3.87. The minimum Gasteiger partial charge on any atom is -0.493 e. The number of thioether (sulfide) groups is 1. The molecule has 3 rings (SSSR count). The van der Waals surface area contributed by atoms with E-state index in [1.807, 2.05) is 6.07 Å². The van der Waals surface area contributed by atoms with E-state index in [4.69, 9.17) is 25.1 Å². The number of benzene rings is 2. The van der Waals surface area contributed by atoms with Gasteiger partial charge < -0.3 is 25.3 Å². The molecule has 196 valence electrons. The Labute approximate surface area is 223 Å². The number of nitrogens with zero attached hydrogens (tertiary/aromatic N) is 3. The summed E-state index contributed by atoms with van der Waals surface area (Å²) >= 11 is 0.938. The number of primary sulfonamides is 1. The number of nitrogens with two attached hydrogens (primary N) is 2. The van der Waals surface area contributed by atoms with Crippen LogP contribution in [-0.4, -0.2) is 46.4 Å². The van der Waals surface area contributed by atoms with E-state index in [-0.39, 0.29) is 38.2 Å². The number of pyridine rings is 1. The lowest BCUT2D eigenvalue weighted by molar-refractivity contribution is -0.113. The average Bonchev–Trinajstić information content (AvgIpc) is 2.90. The second-order valence-corrected chi connectivity index (χ2v) is 10.00. The Kier molecular flexibility index (Phi) is 8.64. The van der Waals surface area contributed by atoms with Crippen molar-refractivity contribution in [2.24, 2.45) is 5.14 Å². The highest BCUT2D eigenvalue weighted by Gasteiger charge is 2.24. The highest BCUT2D eigenvalue weighted by Crippen LogP contribution is 2.44. The van der Waals surface area contributed by atoms with Crippen LogP contribution in [0.15, 0.2) is 46.3 Å². The third-order valence-electron chi connectivity index (χ3n) is 5.18. The van der Waals surface area contributed by atoms with Gasteiger partial charge in [-0.25, -0.2) is 18.5 Å². The van der Waals surface area contributed by atoms with Crippen molar-refractivity contribution < 1.29 is 27.4 Å². The number of methoxy groups -OCH3 is 3. The number of anilines is 2. The standard InChI is InChI=1S/C24H22N6O6S2/c1-34-18-8-13(9-19(35-2)22(18)36-3)21-16(10-25)23(27)30-24(17(21)11-26)37-12-20(31)29-14-4-6-15(7-5-14)38(28,32)33/h4-9H,12H2,1-3H3,(H2,27,30)(H,29,31)(H2,28,32,33). The van der Waals surface area contributed by atoms with Gasteiger partial charge in [0.05, 0.1) is 37.5 Å². The lowest BCUT2D eigenvalue weighted by Gasteiger charge is -2.17. The maximum Gasteiger partial charge on any atom is 0.238 e. The molecule has 0 unspecified atom stereocenters. The van der Waals surface area contributed by atoms with Crippen LogP contribution in [0.3, 0.4) is 0 Å². The number of nitriles is 2. The van der Waals surface area contributed by atoms with E-state index in [1.165, 1.54) is 45.6 Å². The van der Waals surface area contributed by atoms with Gasteiger partial charge >= 0.3 is 0 Å². The van der Waals surface area contributed by atoms with Crippen LogP contribution < -0.4 is 30.4 Å². The van der Waals surface area contributed by atoms with Crippen LogP contribution in [0.25, 0.3) is 11.1 Å². The van der Waals surface area contributed by atoms with E-state index >= 15 is 0 Å². The van der Waals surface area contributed by atoms with Gasteiger partial charge in [0.25, 0.3) is 0 Å². The summed E-state index contributed by atoms with van der Waals surface area (Å²) in [6, 6.07) is 12.5. The fraction of sp³-hybridized carbons (Fsp3) is 0.167. The van der Waals surface area contributed by atoms with Crippen LogP contribution in [0.5, 0.6) is 17.2 Å². The lowest BCUT2D eigenvalue weighted by Crippen LogP contribution is -2.15. The number of nitrogen functional groups attached to an aromatic ring is 1. The lowest BCUT2D eigenvalue weighted by atomic mass is 9.96. The topological polar surface area (TPSA) is 203 Å². The van der Waals surface area contributed by atoms with Crippen molar-refractivity contribution in [2.45, 2.75) is 9.92 Å². The monoisotopic (exact) mass is 554 g/mol. The summed E-state index contributed by atoms with van der Waals surface area (Å²) in [6.07, 6.45) is 0. The molecule has 0 aliphatic heterocycles. The summed E-state index contributed by atoms with van der Waals surface area (Å²) in [6.45, 7) is 0. The fourth-order valence-electron chi connectivity index (χ4n) is 3.48. The molecule has 5 N–H and O–H groups in total. The van der Waals surface area contributed by atoms with Gasteiger partial charge in [-0.1, -0.05) is 11.8 Å². The summed E-state index contributed by atoms with van der Waals surface area (Å²) in [5, 5.41) is 27.6. The van der Waals surface area contributed by atoms with Gasteiger partial charge in [0.15, 0.2) is 11.5 Å². The van der Waals surface area contributed by atoms with Gasteiger partial charge in [-0.2, -0.15) is 10.5 Å². The SMILES string of the molecule is COc1cc(-c2c(C#N)c(N)nc(SCC(=O)Nc3ccc(S(N)(=O)=O)cc3)c2C#N)cc(OC)c1OC. The van der Waals surface area contributed by atoms with Crippen molar-refractivity contribution in [3.05, 3.63) is 47.5 Å². The number of hydrogen-bond donors (Lipinski definition) is 3. The molecule has 38 heavy (non-hydrogen) atoms. The minimum absolute atomic E-state index is 0.0281. The molecule has 12 nitrogen and oxygen atoms in total. The number of aromatic nitrogens is 1. The average molecular weight is 555 g/mol. The highest BCUT2D eigenvalue weighted by atomic mass is 32.2. The van der Waals surface area contributed by atoms with E-state index < -0.39 is 15.9 Å². The number of hydrogen-bond acceptors (Lipinski definition) is 11. The van der Waals surface area contributed by atoms with E-state index in [0.717, 1.165) is 11.8 Å². The van der Waals surface area contributed by atoms with Gasteiger partial charge in [0.1, 0.15) is 28.5 Å². The van der Waals surface area contributed by atoms with Crippen molar-refractivity contribution in [1.29, 1.82) is 10.5 Å². The van der Waals surface area contributed by atoms with Gasteiger partial charge in [0.2, 0.25) is 21.7 Å². The Bertz CT molecular complexity index is 1550. The van der Waals surface area contributed by atoms with Gasteiger partial charge in [-0.15, -0.1) is 0 Å². The van der Waals surface area contributed by atoms with Crippen LogP contribution in [0.4, 0.5) is 11.5 Å². The summed E-state index contributed by atoms with van der Waals surface area (Å²) < 4.78 is 38.9. The molecule has 0 aliphatic rings. The first-order valence-electron chi connectivity index (χ1n) is 10.6. The molecule has 0 saturated heterocycles. The van der Waals surface area contributed by atoms with Crippen molar-refractivity contribution in [1.82, 2.24) is 4.98 Å². The fourth-order valence-corrected chi connectivity index (χ4v) is 4.79. The molecule has 1 amide bonds. The molecule has 0 radical (unpaired) electrons. The van der Waals surface area contributed by atoms with E-state index in [1.54, 1.807) is 12.1 Å². The normalized spacial score (nSPS) is 10.7. The highest BCUT2D eigenvalue weighted by molar-refractivity contribution is 8.00. The number of amides is 1. The zero-order valence-corrected chi connectivity index (χ0v) is 22.1. The predicted octanol–water partition coefficient (Wildman–Crippen LogP) is 2.48. The summed E-state index contributed by atoms with van der Waals surface area (Å²) in [4.78, 5) is 16.6. The molecule has 0 atom stereocenters. The first kappa shape index (κ1) is 28.1. The number of rotatable bonds is 9. The van der Waals surface area contributed by atoms with Crippen LogP contribution >= 0.6 is 11.8 Å². The number of carbonyl (C=O) groups excluding carboxylic acids is 1. The Morgan fingerprint density at radius 1 is 1.03 bits per heavy atom. The molecular weight excluding hydrogens is 532 g/mol. The molecule has 1 aromatic heterocycles. The number of nitrogens with one attached hydrogen (secondary N) is 1. The van der Waals surface area contributed by atoms with Gasteiger partial charge in [0, 0.05) is 11.3 Å². The zero-order chi connectivity index (χ0) is 28.0. The van der Waals surface area contributed by atoms with E-state index in [2.05, 4.69) is 16.4 Å². The molecule has 0 fully saturated rings. The molecule has 2 aromatic carbocycles. The summed E-state index contributed by atoms with van der Waals surface area (Å²) in [7, 11) is 0.442. The summed E-state index contributed by atoms with van der Waals surface area (Å²) in [5.74, 6) is 0.164. The second kappa shape index (κ2) is 11.7. The molecule has 3 aromatic rings. The maximum atomic E-state index is 12.6. The molecule has 0 spiro atoms. The Balaban J connectivity index is 1.97. The zero-order valence-electron chi connectivity index (χ0n) is 20.4. The van der Waals surface area contributed by atoms with E-state index in [9.17, 15) is 23.7 Å². The Morgan fingerprint density at radius 2 is 1.61 bits per heavy atom. The molecular formula is C24H22N6O6S2. The molecule has 14 heteroatoms.